The van der Waals surface area contributed by atoms with Crippen LogP contribution in [0, 0.1) is 18.3 Å². The number of benzene rings is 1. The summed E-state index contributed by atoms with van der Waals surface area (Å²) < 4.78 is 0. The predicted octanol–water partition coefficient (Wildman–Crippen LogP) is 3.84. The molecular formula is C19H32N2. The lowest BCUT2D eigenvalue weighted by atomic mass is 9.83. The summed E-state index contributed by atoms with van der Waals surface area (Å²) in [6.45, 7) is 17.2. The van der Waals surface area contributed by atoms with E-state index in [0.29, 0.717) is 23.4 Å². The molecule has 1 aromatic carbocycles. The topological polar surface area (TPSA) is 15.3 Å². The molecule has 0 aliphatic carbocycles. The summed E-state index contributed by atoms with van der Waals surface area (Å²) >= 11 is 0. The Morgan fingerprint density at radius 1 is 1.19 bits per heavy atom. The molecule has 0 spiro atoms. The number of piperazine rings is 1. The van der Waals surface area contributed by atoms with Gasteiger partial charge in [0.2, 0.25) is 0 Å². The predicted molar refractivity (Wildman–Crippen MR) is 91.5 cm³/mol. The minimum Gasteiger partial charge on any atom is -0.311 e. The zero-order chi connectivity index (χ0) is 15.6. The molecule has 0 aromatic heterocycles. The van der Waals surface area contributed by atoms with Gasteiger partial charge in [-0.3, -0.25) is 4.90 Å². The normalized spacial score (nSPS) is 24.5. The van der Waals surface area contributed by atoms with Crippen molar-refractivity contribution in [1.29, 1.82) is 0 Å². The van der Waals surface area contributed by atoms with Crippen molar-refractivity contribution in [2.24, 2.45) is 11.3 Å². The highest BCUT2D eigenvalue weighted by molar-refractivity contribution is 5.21. The summed E-state index contributed by atoms with van der Waals surface area (Å²) in [4.78, 5) is 2.68. The van der Waals surface area contributed by atoms with Crippen LogP contribution in [-0.2, 0) is 6.54 Å². The van der Waals surface area contributed by atoms with Crippen LogP contribution in [0.15, 0.2) is 24.3 Å². The van der Waals surface area contributed by atoms with Crippen molar-refractivity contribution in [3.63, 3.8) is 0 Å². The number of rotatable bonds is 3. The average Bonchev–Trinajstić information content (AvgIpc) is 2.40. The minimum atomic E-state index is 0.313. The Morgan fingerprint density at radius 3 is 2.33 bits per heavy atom. The molecule has 1 N–H and O–H groups in total. The van der Waals surface area contributed by atoms with E-state index in [-0.39, 0.29) is 0 Å². The van der Waals surface area contributed by atoms with Crippen molar-refractivity contribution >= 4 is 0 Å². The molecule has 2 heteroatoms. The quantitative estimate of drug-likeness (QED) is 0.909. The van der Waals surface area contributed by atoms with Gasteiger partial charge in [-0.1, -0.05) is 64.4 Å². The number of hydrogen-bond donors (Lipinski definition) is 1. The lowest BCUT2D eigenvalue weighted by molar-refractivity contribution is 0.0572. The van der Waals surface area contributed by atoms with E-state index in [4.69, 9.17) is 0 Å². The highest BCUT2D eigenvalue weighted by Crippen LogP contribution is 2.26. The molecule has 1 fully saturated rings. The minimum absolute atomic E-state index is 0.313. The Bertz CT molecular complexity index is 442. The van der Waals surface area contributed by atoms with E-state index in [9.17, 15) is 0 Å². The first kappa shape index (κ1) is 16.5. The van der Waals surface area contributed by atoms with Gasteiger partial charge in [0.25, 0.3) is 0 Å². The summed E-state index contributed by atoms with van der Waals surface area (Å²) in [6, 6.07) is 10.2. The van der Waals surface area contributed by atoms with Crippen LogP contribution < -0.4 is 5.32 Å². The van der Waals surface area contributed by atoms with Gasteiger partial charge >= 0.3 is 0 Å². The molecule has 21 heavy (non-hydrogen) atoms. The fraction of sp³-hybridized carbons (Fsp3) is 0.684. The molecule has 1 aliphatic rings. The maximum atomic E-state index is 3.77. The Labute approximate surface area is 130 Å². The van der Waals surface area contributed by atoms with Crippen molar-refractivity contribution in [3.8, 4) is 0 Å². The average molecular weight is 288 g/mol. The number of hydrogen-bond acceptors (Lipinski definition) is 2. The van der Waals surface area contributed by atoms with Crippen LogP contribution >= 0.6 is 0 Å². The summed E-state index contributed by atoms with van der Waals surface area (Å²) in [7, 11) is 0. The van der Waals surface area contributed by atoms with Crippen LogP contribution in [0.4, 0.5) is 0 Å². The van der Waals surface area contributed by atoms with E-state index >= 15 is 0 Å². The Morgan fingerprint density at radius 2 is 1.81 bits per heavy atom. The third-order valence-electron chi connectivity index (χ3n) is 4.78. The van der Waals surface area contributed by atoms with Crippen molar-refractivity contribution in [2.45, 2.75) is 60.2 Å². The van der Waals surface area contributed by atoms with E-state index < -0.39 is 0 Å². The SMILES string of the molecule is Cc1ccc(CN2CC(C(C)(C)C)NCC2C(C)C)cc1. The van der Waals surface area contributed by atoms with Crippen LogP contribution in [0.2, 0.25) is 0 Å². The van der Waals surface area contributed by atoms with Gasteiger partial charge in [0.1, 0.15) is 0 Å². The van der Waals surface area contributed by atoms with E-state index in [1.165, 1.54) is 11.1 Å². The second kappa shape index (κ2) is 6.50. The first-order chi connectivity index (χ1) is 9.77. The molecule has 0 radical (unpaired) electrons. The van der Waals surface area contributed by atoms with Crippen LogP contribution in [0.3, 0.4) is 0 Å². The van der Waals surface area contributed by atoms with Crippen LogP contribution in [0.25, 0.3) is 0 Å². The highest BCUT2D eigenvalue weighted by atomic mass is 15.2. The standard InChI is InChI=1S/C19H32N2/c1-14(2)17-11-20-18(19(4,5)6)13-21(17)12-16-9-7-15(3)8-10-16/h7-10,14,17-18,20H,11-13H2,1-6H3. The van der Waals surface area contributed by atoms with Gasteiger partial charge in [-0.15, -0.1) is 0 Å². The van der Waals surface area contributed by atoms with Crippen molar-refractivity contribution < 1.29 is 0 Å². The molecule has 0 amide bonds. The fourth-order valence-corrected chi connectivity index (χ4v) is 3.17. The van der Waals surface area contributed by atoms with Gasteiger partial charge in [0.05, 0.1) is 0 Å². The molecule has 0 bridgehead atoms. The molecule has 1 aromatic rings. The van der Waals surface area contributed by atoms with Crippen LogP contribution in [0.1, 0.15) is 45.7 Å². The zero-order valence-electron chi connectivity index (χ0n) is 14.6. The molecular weight excluding hydrogens is 256 g/mol. The van der Waals surface area contributed by atoms with E-state index in [1.54, 1.807) is 0 Å². The summed E-state index contributed by atoms with van der Waals surface area (Å²) in [5.41, 5.74) is 3.08. The first-order valence-corrected chi connectivity index (χ1v) is 8.30. The molecule has 118 valence electrons. The highest BCUT2D eigenvalue weighted by Gasteiger charge is 2.35. The summed E-state index contributed by atoms with van der Waals surface area (Å²) in [5.74, 6) is 0.684. The monoisotopic (exact) mass is 288 g/mol. The zero-order valence-corrected chi connectivity index (χ0v) is 14.6. The molecule has 0 saturated carbocycles. The van der Waals surface area contributed by atoms with E-state index in [1.807, 2.05) is 0 Å². The Kier molecular flexibility index (Phi) is 5.11. The Hall–Kier alpha value is -0.860. The number of nitrogens with one attached hydrogen (secondary N) is 1. The lowest BCUT2D eigenvalue weighted by Crippen LogP contribution is -2.61. The van der Waals surface area contributed by atoms with Gasteiger partial charge in [-0.25, -0.2) is 0 Å². The molecule has 1 heterocycles. The maximum Gasteiger partial charge on any atom is 0.0247 e. The summed E-state index contributed by atoms with van der Waals surface area (Å²) in [5, 5.41) is 3.77. The fourth-order valence-electron chi connectivity index (χ4n) is 3.17. The van der Waals surface area contributed by atoms with Crippen LogP contribution in [0.5, 0.6) is 0 Å². The first-order valence-electron chi connectivity index (χ1n) is 8.30. The van der Waals surface area contributed by atoms with Gasteiger partial charge in [-0.2, -0.15) is 0 Å². The largest absolute Gasteiger partial charge is 0.311 e. The molecule has 2 rings (SSSR count). The second-order valence-corrected chi connectivity index (χ2v) is 8.05. The molecule has 2 nitrogen and oxygen atoms in total. The maximum absolute atomic E-state index is 3.77. The van der Waals surface area contributed by atoms with E-state index in [2.05, 4.69) is 76.0 Å². The third kappa shape index (κ3) is 4.31. The summed E-state index contributed by atoms with van der Waals surface area (Å²) in [6.07, 6.45) is 0. The van der Waals surface area contributed by atoms with Crippen molar-refractivity contribution in [3.05, 3.63) is 35.4 Å². The third-order valence-corrected chi connectivity index (χ3v) is 4.78. The van der Waals surface area contributed by atoms with Gasteiger partial charge in [0.15, 0.2) is 0 Å². The Balaban J connectivity index is 2.12. The van der Waals surface area contributed by atoms with E-state index in [0.717, 1.165) is 19.6 Å². The second-order valence-electron chi connectivity index (χ2n) is 8.05. The van der Waals surface area contributed by atoms with Gasteiger partial charge < -0.3 is 5.32 Å². The van der Waals surface area contributed by atoms with Crippen LogP contribution in [-0.4, -0.2) is 30.1 Å². The van der Waals surface area contributed by atoms with Crippen molar-refractivity contribution in [2.75, 3.05) is 13.1 Å². The lowest BCUT2D eigenvalue weighted by Gasteiger charge is -2.46. The molecule has 2 unspecified atom stereocenters. The molecule has 1 aliphatic heterocycles. The number of aryl methyl sites for hydroxylation is 1. The van der Waals surface area contributed by atoms with Gasteiger partial charge in [0, 0.05) is 31.7 Å². The number of nitrogens with zero attached hydrogens (tertiary/aromatic N) is 1. The smallest absolute Gasteiger partial charge is 0.0247 e. The van der Waals surface area contributed by atoms with Crippen molar-refractivity contribution in [1.82, 2.24) is 10.2 Å². The molecule has 2 atom stereocenters. The van der Waals surface area contributed by atoms with Gasteiger partial charge in [-0.05, 0) is 23.8 Å². The molecule has 1 saturated heterocycles.